The van der Waals surface area contributed by atoms with Crippen molar-refractivity contribution in [2.45, 2.75) is 25.6 Å². The van der Waals surface area contributed by atoms with Crippen molar-refractivity contribution in [3.05, 3.63) is 71.3 Å². The van der Waals surface area contributed by atoms with E-state index in [0.29, 0.717) is 37.1 Å². The van der Waals surface area contributed by atoms with Crippen LogP contribution in [0.5, 0.6) is 0 Å². The Morgan fingerprint density at radius 3 is 2.74 bits per heavy atom. The minimum Gasteiger partial charge on any atom is -0.336 e. The Balaban J connectivity index is 1.71. The van der Waals surface area contributed by atoms with Crippen molar-refractivity contribution in [2.75, 3.05) is 27.2 Å². The van der Waals surface area contributed by atoms with E-state index in [4.69, 9.17) is 0 Å². The molecule has 1 aliphatic rings. The molecule has 1 unspecified atom stereocenters. The Hall–Kier alpha value is -3.05. The number of fused-ring (bicyclic) bond motifs is 1. The molecular formula is C26H27FN2O2. The van der Waals surface area contributed by atoms with Crippen LogP contribution in [0.2, 0.25) is 0 Å². The number of benzene rings is 3. The third kappa shape index (κ3) is 4.52. The summed E-state index contributed by atoms with van der Waals surface area (Å²) >= 11 is 0. The van der Waals surface area contributed by atoms with Crippen LogP contribution >= 0.6 is 0 Å². The number of halogens is 1. The molecule has 1 saturated heterocycles. The summed E-state index contributed by atoms with van der Waals surface area (Å²) in [4.78, 5) is 28.0. The molecule has 0 spiro atoms. The number of amides is 1. The fourth-order valence-corrected chi connectivity index (χ4v) is 4.33. The number of aldehydes is 1. The summed E-state index contributed by atoms with van der Waals surface area (Å²) in [6.07, 6.45) is 1.20. The second-order valence-corrected chi connectivity index (χ2v) is 8.50. The number of nitrogens with zero attached hydrogens (tertiary/aromatic N) is 2. The van der Waals surface area contributed by atoms with Gasteiger partial charge >= 0.3 is 0 Å². The van der Waals surface area contributed by atoms with Gasteiger partial charge in [-0.05, 0) is 72.6 Å². The molecule has 3 aromatic carbocycles. The molecule has 1 heterocycles. The summed E-state index contributed by atoms with van der Waals surface area (Å²) in [5.41, 5.74) is 4.34. The molecule has 1 amide bonds. The Morgan fingerprint density at radius 2 is 2.00 bits per heavy atom. The van der Waals surface area contributed by atoms with E-state index in [2.05, 4.69) is 12.1 Å². The third-order valence-corrected chi connectivity index (χ3v) is 5.85. The van der Waals surface area contributed by atoms with Crippen LogP contribution in [0.15, 0.2) is 54.6 Å². The first kappa shape index (κ1) is 21.2. The molecule has 160 valence electrons. The number of hydrogen-bond acceptors (Lipinski definition) is 3. The molecule has 0 aliphatic carbocycles. The van der Waals surface area contributed by atoms with Crippen molar-refractivity contribution in [2.24, 2.45) is 0 Å². The Bertz CT molecular complexity index is 1130. The van der Waals surface area contributed by atoms with E-state index < -0.39 is 6.17 Å². The number of likely N-dealkylation sites (tertiary alicyclic amines) is 1. The SMILES string of the molecule is CN(C)Cc1cc(-c2cccc3cc(C(=O)N4CCCC(F)C4)ccc23)ccc1C=O. The van der Waals surface area contributed by atoms with Gasteiger partial charge in [0.2, 0.25) is 0 Å². The van der Waals surface area contributed by atoms with Crippen LogP contribution in [0, 0.1) is 0 Å². The minimum absolute atomic E-state index is 0.113. The molecule has 3 aromatic rings. The highest BCUT2D eigenvalue weighted by molar-refractivity contribution is 6.03. The number of piperidine rings is 1. The molecule has 1 fully saturated rings. The van der Waals surface area contributed by atoms with Gasteiger partial charge in [-0.25, -0.2) is 4.39 Å². The predicted octanol–water partition coefficient (Wildman–Crippen LogP) is 4.96. The lowest BCUT2D eigenvalue weighted by atomic mass is 9.94. The van der Waals surface area contributed by atoms with Crippen LogP contribution in [0.3, 0.4) is 0 Å². The maximum absolute atomic E-state index is 13.8. The Morgan fingerprint density at radius 1 is 1.16 bits per heavy atom. The number of carbonyl (C=O) groups excluding carboxylic acids is 2. The summed E-state index contributed by atoms with van der Waals surface area (Å²) in [6.45, 7) is 1.46. The Labute approximate surface area is 182 Å². The minimum atomic E-state index is -0.935. The highest BCUT2D eigenvalue weighted by Gasteiger charge is 2.24. The van der Waals surface area contributed by atoms with Gasteiger partial charge < -0.3 is 9.80 Å². The Kier molecular flexibility index (Phi) is 6.14. The predicted molar refractivity (Wildman–Crippen MR) is 122 cm³/mol. The van der Waals surface area contributed by atoms with Crippen molar-refractivity contribution in [3.8, 4) is 11.1 Å². The molecule has 0 radical (unpaired) electrons. The lowest BCUT2D eigenvalue weighted by Crippen LogP contribution is -2.40. The maximum atomic E-state index is 13.8. The van der Waals surface area contributed by atoms with Crippen molar-refractivity contribution in [1.29, 1.82) is 0 Å². The zero-order chi connectivity index (χ0) is 22.0. The molecule has 31 heavy (non-hydrogen) atoms. The first-order chi connectivity index (χ1) is 15.0. The van der Waals surface area contributed by atoms with E-state index in [1.807, 2.05) is 61.5 Å². The summed E-state index contributed by atoms with van der Waals surface area (Å²) in [6, 6.07) is 17.6. The number of hydrogen-bond donors (Lipinski definition) is 0. The normalized spacial score (nSPS) is 16.6. The molecule has 5 heteroatoms. The maximum Gasteiger partial charge on any atom is 0.253 e. The van der Waals surface area contributed by atoms with Gasteiger partial charge in [-0.3, -0.25) is 9.59 Å². The first-order valence-corrected chi connectivity index (χ1v) is 10.7. The quantitative estimate of drug-likeness (QED) is 0.550. The smallest absolute Gasteiger partial charge is 0.253 e. The van der Waals surface area contributed by atoms with Gasteiger partial charge in [0, 0.05) is 24.2 Å². The molecule has 4 nitrogen and oxygen atoms in total. The zero-order valence-electron chi connectivity index (χ0n) is 18.0. The number of carbonyl (C=O) groups is 2. The molecule has 1 atom stereocenters. The topological polar surface area (TPSA) is 40.6 Å². The number of alkyl halides is 1. The second-order valence-electron chi connectivity index (χ2n) is 8.50. The third-order valence-electron chi connectivity index (χ3n) is 5.85. The van der Waals surface area contributed by atoms with Gasteiger partial charge in [-0.15, -0.1) is 0 Å². The average Bonchev–Trinajstić information content (AvgIpc) is 2.77. The van der Waals surface area contributed by atoms with Crippen LogP contribution in [-0.2, 0) is 6.54 Å². The second kappa shape index (κ2) is 8.98. The zero-order valence-corrected chi connectivity index (χ0v) is 18.0. The summed E-state index contributed by atoms with van der Waals surface area (Å²) in [5.74, 6) is -0.113. The fourth-order valence-electron chi connectivity index (χ4n) is 4.33. The lowest BCUT2D eigenvalue weighted by Gasteiger charge is -2.29. The monoisotopic (exact) mass is 418 g/mol. The van der Waals surface area contributed by atoms with Gasteiger partial charge in [-0.2, -0.15) is 0 Å². The van der Waals surface area contributed by atoms with Gasteiger partial charge in [0.05, 0.1) is 6.54 Å². The molecule has 1 aliphatic heterocycles. The summed E-state index contributed by atoms with van der Waals surface area (Å²) in [5, 5.41) is 2.00. The van der Waals surface area contributed by atoms with Gasteiger partial charge in [0.25, 0.3) is 5.91 Å². The average molecular weight is 419 g/mol. The molecule has 0 bridgehead atoms. The van der Waals surface area contributed by atoms with Crippen LogP contribution < -0.4 is 0 Å². The van der Waals surface area contributed by atoms with Crippen molar-refractivity contribution >= 4 is 23.0 Å². The largest absolute Gasteiger partial charge is 0.336 e. The van der Waals surface area contributed by atoms with E-state index in [0.717, 1.165) is 33.7 Å². The van der Waals surface area contributed by atoms with Gasteiger partial charge in [-0.1, -0.05) is 36.4 Å². The van der Waals surface area contributed by atoms with E-state index >= 15 is 0 Å². The van der Waals surface area contributed by atoms with E-state index in [9.17, 15) is 14.0 Å². The van der Waals surface area contributed by atoms with E-state index in [1.54, 1.807) is 4.90 Å². The highest BCUT2D eigenvalue weighted by atomic mass is 19.1. The van der Waals surface area contributed by atoms with Gasteiger partial charge in [0.1, 0.15) is 12.5 Å². The standard InChI is InChI=1S/C26H27FN2O2/c1-28(2)15-22-14-19(8-9-21(22)17-30)24-7-3-5-18-13-20(10-11-25(18)24)26(31)29-12-4-6-23(27)16-29/h3,5,7-11,13-14,17,23H,4,6,12,15-16H2,1-2H3. The molecule has 0 saturated carbocycles. The molecule has 0 aromatic heterocycles. The van der Waals surface area contributed by atoms with Crippen molar-refractivity contribution < 1.29 is 14.0 Å². The summed E-state index contributed by atoms with van der Waals surface area (Å²) < 4.78 is 13.8. The first-order valence-electron chi connectivity index (χ1n) is 10.7. The lowest BCUT2D eigenvalue weighted by molar-refractivity contribution is 0.0636. The van der Waals surface area contributed by atoms with Gasteiger partial charge in [0.15, 0.2) is 0 Å². The molecule has 0 N–H and O–H groups in total. The van der Waals surface area contributed by atoms with Crippen LogP contribution in [0.25, 0.3) is 21.9 Å². The fraction of sp³-hybridized carbons (Fsp3) is 0.308. The highest BCUT2D eigenvalue weighted by Crippen LogP contribution is 2.31. The van der Waals surface area contributed by atoms with Crippen LogP contribution in [-0.4, -0.2) is 55.3 Å². The van der Waals surface area contributed by atoms with Crippen LogP contribution in [0.4, 0.5) is 4.39 Å². The van der Waals surface area contributed by atoms with E-state index in [1.165, 1.54) is 0 Å². The molecule has 4 rings (SSSR count). The van der Waals surface area contributed by atoms with Crippen molar-refractivity contribution in [1.82, 2.24) is 9.80 Å². The van der Waals surface area contributed by atoms with E-state index in [-0.39, 0.29) is 12.5 Å². The molecular weight excluding hydrogens is 391 g/mol. The van der Waals surface area contributed by atoms with Crippen molar-refractivity contribution in [3.63, 3.8) is 0 Å². The van der Waals surface area contributed by atoms with Crippen LogP contribution in [0.1, 0.15) is 39.1 Å². The number of rotatable bonds is 5. The summed E-state index contributed by atoms with van der Waals surface area (Å²) in [7, 11) is 3.95.